The molecule has 3 nitrogen and oxygen atoms in total. The molecule has 1 fully saturated rings. The average molecular weight is 187 g/mol. The summed E-state index contributed by atoms with van der Waals surface area (Å²) in [4.78, 5) is 7.57. The number of pyridine rings is 1. The lowest BCUT2D eigenvalue weighted by molar-refractivity contribution is 0.620. The van der Waals surface area contributed by atoms with Gasteiger partial charge in [-0.25, -0.2) is 0 Å². The molecule has 14 heavy (non-hydrogen) atoms. The molecule has 2 aromatic rings. The van der Waals surface area contributed by atoms with E-state index in [-0.39, 0.29) is 6.04 Å². The third-order valence-electron chi connectivity index (χ3n) is 2.96. The smallest absolute Gasteiger partial charge is 0.0667 e. The van der Waals surface area contributed by atoms with Crippen molar-refractivity contribution in [3.05, 3.63) is 30.2 Å². The van der Waals surface area contributed by atoms with Crippen molar-refractivity contribution < 1.29 is 0 Å². The maximum atomic E-state index is 6.15. The Bertz CT molecular complexity index is 456. The van der Waals surface area contributed by atoms with E-state index in [2.05, 4.69) is 16.0 Å². The van der Waals surface area contributed by atoms with Gasteiger partial charge in [0, 0.05) is 23.3 Å². The van der Waals surface area contributed by atoms with Gasteiger partial charge in [-0.15, -0.1) is 0 Å². The van der Waals surface area contributed by atoms with Crippen molar-refractivity contribution in [1.29, 1.82) is 0 Å². The largest absolute Gasteiger partial charge is 0.361 e. The molecule has 3 rings (SSSR count). The molecule has 1 aliphatic rings. The molecule has 1 atom stereocenters. The summed E-state index contributed by atoms with van der Waals surface area (Å²) >= 11 is 0. The monoisotopic (exact) mass is 187 g/mol. The van der Waals surface area contributed by atoms with Crippen LogP contribution >= 0.6 is 0 Å². The van der Waals surface area contributed by atoms with Gasteiger partial charge in [0.25, 0.3) is 0 Å². The Hall–Kier alpha value is -1.35. The fourth-order valence-corrected chi connectivity index (χ4v) is 1.95. The van der Waals surface area contributed by atoms with E-state index in [0.29, 0.717) is 5.92 Å². The Balaban J connectivity index is 2.14. The van der Waals surface area contributed by atoms with Gasteiger partial charge in [0.2, 0.25) is 0 Å². The number of hydrogen-bond acceptors (Lipinski definition) is 2. The van der Waals surface area contributed by atoms with Crippen molar-refractivity contribution >= 4 is 10.9 Å². The number of H-pyrrole nitrogens is 1. The summed E-state index contributed by atoms with van der Waals surface area (Å²) in [7, 11) is 0. The van der Waals surface area contributed by atoms with Gasteiger partial charge >= 0.3 is 0 Å². The van der Waals surface area contributed by atoms with Crippen molar-refractivity contribution in [1.82, 2.24) is 9.97 Å². The van der Waals surface area contributed by atoms with E-state index in [9.17, 15) is 0 Å². The van der Waals surface area contributed by atoms with Crippen LogP contribution in [0.4, 0.5) is 0 Å². The number of hydrogen-bond donors (Lipinski definition) is 2. The SMILES string of the molecule is N[C@@H](c1nccc2[nH]ccc12)C1CC1. The highest BCUT2D eigenvalue weighted by Gasteiger charge is 2.31. The quantitative estimate of drug-likeness (QED) is 0.755. The molecule has 0 bridgehead atoms. The van der Waals surface area contributed by atoms with E-state index in [4.69, 9.17) is 5.73 Å². The fourth-order valence-electron chi connectivity index (χ4n) is 1.95. The maximum Gasteiger partial charge on any atom is 0.0667 e. The molecule has 3 heteroatoms. The Morgan fingerprint density at radius 3 is 3.07 bits per heavy atom. The highest BCUT2D eigenvalue weighted by atomic mass is 14.8. The number of nitrogens with two attached hydrogens (primary N) is 1. The van der Waals surface area contributed by atoms with E-state index < -0.39 is 0 Å². The summed E-state index contributed by atoms with van der Waals surface area (Å²) in [5.74, 6) is 0.656. The molecule has 2 heterocycles. The molecule has 1 aliphatic carbocycles. The molecule has 0 amide bonds. The van der Waals surface area contributed by atoms with Crippen molar-refractivity contribution in [2.75, 3.05) is 0 Å². The first kappa shape index (κ1) is 8.00. The molecular formula is C11H13N3. The first-order valence-electron chi connectivity index (χ1n) is 5.04. The van der Waals surface area contributed by atoms with Gasteiger partial charge in [0.15, 0.2) is 0 Å². The summed E-state index contributed by atoms with van der Waals surface area (Å²) in [5, 5.41) is 1.17. The van der Waals surface area contributed by atoms with Gasteiger partial charge in [-0.05, 0) is 30.9 Å². The summed E-state index contributed by atoms with van der Waals surface area (Å²) in [5.41, 5.74) is 8.33. The van der Waals surface area contributed by atoms with Gasteiger partial charge in [0.1, 0.15) is 0 Å². The van der Waals surface area contributed by atoms with E-state index in [0.717, 1.165) is 11.2 Å². The number of rotatable bonds is 2. The highest BCUT2D eigenvalue weighted by molar-refractivity contribution is 5.81. The first-order chi connectivity index (χ1) is 6.86. The lowest BCUT2D eigenvalue weighted by Crippen LogP contribution is -2.14. The van der Waals surface area contributed by atoms with Crippen molar-refractivity contribution in [3.8, 4) is 0 Å². The first-order valence-corrected chi connectivity index (χ1v) is 5.04. The van der Waals surface area contributed by atoms with E-state index in [1.54, 1.807) is 0 Å². The number of aromatic amines is 1. The van der Waals surface area contributed by atoms with Crippen LogP contribution < -0.4 is 5.73 Å². The van der Waals surface area contributed by atoms with E-state index >= 15 is 0 Å². The van der Waals surface area contributed by atoms with Crippen LogP contribution in [0.3, 0.4) is 0 Å². The molecule has 3 N–H and O–H groups in total. The molecule has 1 saturated carbocycles. The van der Waals surface area contributed by atoms with Crippen molar-refractivity contribution in [2.24, 2.45) is 11.7 Å². The van der Waals surface area contributed by atoms with Crippen LogP contribution in [0, 0.1) is 5.92 Å². The second-order valence-corrected chi connectivity index (χ2v) is 4.00. The zero-order chi connectivity index (χ0) is 9.54. The molecule has 0 aromatic carbocycles. The predicted molar refractivity (Wildman–Crippen MR) is 55.7 cm³/mol. The molecule has 72 valence electrons. The highest BCUT2D eigenvalue weighted by Crippen LogP contribution is 2.40. The summed E-state index contributed by atoms with van der Waals surface area (Å²) < 4.78 is 0. The summed E-state index contributed by atoms with van der Waals surface area (Å²) in [6.07, 6.45) is 6.28. The van der Waals surface area contributed by atoms with Gasteiger partial charge in [-0.1, -0.05) is 0 Å². The third-order valence-corrected chi connectivity index (χ3v) is 2.96. The molecule has 0 aliphatic heterocycles. The fraction of sp³-hybridized carbons (Fsp3) is 0.364. The zero-order valence-electron chi connectivity index (χ0n) is 7.90. The minimum Gasteiger partial charge on any atom is -0.361 e. The van der Waals surface area contributed by atoms with Crippen molar-refractivity contribution in [3.63, 3.8) is 0 Å². The minimum absolute atomic E-state index is 0.120. The normalized spacial score (nSPS) is 18.6. The number of aromatic nitrogens is 2. The number of nitrogens with one attached hydrogen (secondary N) is 1. The molecular weight excluding hydrogens is 174 g/mol. The van der Waals surface area contributed by atoms with Crippen LogP contribution in [-0.2, 0) is 0 Å². The van der Waals surface area contributed by atoms with Crippen LogP contribution in [0.1, 0.15) is 24.6 Å². The lowest BCUT2D eigenvalue weighted by Gasteiger charge is -2.10. The summed E-state index contributed by atoms with van der Waals surface area (Å²) in [6.45, 7) is 0. The lowest BCUT2D eigenvalue weighted by atomic mass is 10.1. The third kappa shape index (κ3) is 1.13. The van der Waals surface area contributed by atoms with Gasteiger partial charge < -0.3 is 10.7 Å². The summed E-state index contributed by atoms with van der Waals surface area (Å²) in [6, 6.07) is 4.16. The molecule has 0 spiro atoms. The van der Waals surface area contributed by atoms with E-state index in [1.807, 2.05) is 18.5 Å². The average Bonchev–Trinajstić information content (AvgIpc) is 2.94. The molecule has 0 saturated heterocycles. The van der Waals surface area contributed by atoms with Crippen LogP contribution in [0.2, 0.25) is 0 Å². The predicted octanol–water partition coefficient (Wildman–Crippen LogP) is 1.97. The Morgan fingerprint density at radius 2 is 2.29 bits per heavy atom. The number of fused-ring (bicyclic) bond motifs is 1. The van der Waals surface area contributed by atoms with Gasteiger partial charge in [0.05, 0.1) is 11.7 Å². The van der Waals surface area contributed by atoms with Gasteiger partial charge in [-0.2, -0.15) is 0 Å². The molecule has 2 aromatic heterocycles. The standard InChI is InChI=1S/C11H13N3/c12-10(7-1-2-7)11-8-3-5-13-9(8)4-6-14-11/h3-7,10,13H,1-2,12H2/t10-/m1/s1. The minimum atomic E-state index is 0.120. The van der Waals surface area contributed by atoms with Crippen LogP contribution in [-0.4, -0.2) is 9.97 Å². The van der Waals surface area contributed by atoms with Crippen LogP contribution in [0.15, 0.2) is 24.5 Å². The van der Waals surface area contributed by atoms with E-state index in [1.165, 1.54) is 18.2 Å². The second-order valence-electron chi connectivity index (χ2n) is 4.00. The molecule has 0 radical (unpaired) electrons. The molecule has 0 unspecified atom stereocenters. The van der Waals surface area contributed by atoms with Gasteiger partial charge in [-0.3, -0.25) is 4.98 Å². The number of nitrogens with zero attached hydrogens (tertiary/aromatic N) is 1. The maximum absolute atomic E-state index is 6.15. The second kappa shape index (κ2) is 2.82. The topological polar surface area (TPSA) is 54.7 Å². The van der Waals surface area contributed by atoms with Crippen LogP contribution in [0.25, 0.3) is 10.9 Å². The Labute approximate surface area is 82.3 Å². The Kier molecular flexibility index (Phi) is 1.61. The Morgan fingerprint density at radius 1 is 1.43 bits per heavy atom. The zero-order valence-corrected chi connectivity index (χ0v) is 7.90. The van der Waals surface area contributed by atoms with Crippen LogP contribution in [0.5, 0.6) is 0 Å². The van der Waals surface area contributed by atoms with Crippen molar-refractivity contribution in [2.45, 2.75) is 18.9 Å².